The molecule has 2 aromatic rings. The molecule has 2 aromatic carbocycles. The molecule has 0 aliphatic rings. The van der Waals surface area contributed by atoms with Gasteiger partial charge < -0.3 is 10.5 Å². The maximum atomic E-state index is 5.90. The zero-order chi connectivity index (χ0) is 15.2. The first-order valence-electron chi connectivity index (χ1n) is 7.42. The van der Waals surface area contributed by atoms with E-state index in [1.807, 2.05) is 37.3 Å². The number of nitrogens with two attached hydrogens (primary N) is 1. The van der Waals surface area contributed by atoms with Gasteiger partial charge in [-0.2, -0.15) is 0 Å². The summed E-state index contributed by atoms with van der Waals surface area (Å²) in [6.07, 6.45) is 3.58. The third-order valence-corrected chi connectivity index (χ3v) is 4.13. The van der Waals surface area contributed by atoms with Gasteiger partial charge in [-0.25, -0.2) is 0 Å². The van der Waals surface area contributed by atoms with Gasteiger partial charge in [0.05, 0.1) is 0 Å². The molecule has 0 heterocycles. The number of ether oxygens (including phenoxy) is 1. The van der Waals surface area contributed by atoms with Crippen LogP contribution in [0.2, 0.25) is 0 Å². The molecule has 0 aliphatic heterocycles. The molecule has 0 radical (unpaired) electrons. The van der Waals surface area contributed by atoms with E-state index < -0.39 is 0 Å². The lowest BCUT2D eigenvalue weighted by molar-refractivity contribution is 0.481. The van der Waals surface area contributed by atoms with Gasteiger partial charge in [0, 0.05) is 10.5 Å². The Morgan fingerprint density at radius 2 is 1.76 bits per heavy atom. The predicted octanol–water partition coefficient (Wildman–Crippen LogP) is 5.60. The minimum atomic E-state index is 0.00581. The lowest BCUT2D eigenvalue weighted by atomic mass is 10.1. The lowest BCUT2D eigenvalue weighted by Gasteiger charge is -2.11. The quantitative estimate of drug-likeness (QED) is 0.737. The van der Waals surface area contributed by atoms with Crippen LogP contribution < -0.4 is 10.5 Å². The Morgan fingerprint density at radius 3 is 2.33 bits per heavy atom. The fourth-order valence-corrected chi connectivity index (χ4v) is 2.90. The second kappa shape index (κ2) is 7.62. The Bertz CT molecular complexity index is 578. The Hall–Kier alpha value is -1.32. The molecule has 0 spiro atoms. The summed E-state index contributed by atoms with van der Waals surface area (Å²) in [5, 5.41) is 0. The maximum Gasteiger partial charge on any atom is 0.128 e. The minimum Gasteiger partial charge on any atom is -0.457 e. The fourth-order valence-electron chi connectivity index (χ4n) is 2.18. The van der Waals surface area contributed by atoms with Crippen molar-refractivity contribution in [2.45, 2.75) is 39.2 Å². The minimum absolute atomic E-state index is 0.00581. The van der Waals surface area contributed by atoms with Crippen molar-refractivity contribution in [1.29, 1.82) is 0 Å². The summed E-state index contributed by atoms with van der Waals surface area (Å²) in [5.41, 5.74) is 8.34. The van der Waals surface area contributed by atoms with Crippen molar-refractivity contribution >= 4 is 15.9 Å². The van der Waals surface area contributed by atoms with Crippen molar-refractivity contribution in [3.8, 4) is 11.5 Å². The number of hydrogen-bond donors (Lipinski definition) is 1. The van der Waals surface area contributed by atoms with Crippen LogP contribution in [0.3, 0.4) is 0 Å². The zero-order valence-corrected chi connectivity index (χ0v) is 14.2. The molecule has 112 valence electrons. The average Bonchev–Trinajstić information content (AvgIpc) is 2.46. The normalized spacial score (nSPS) is 12.2. The molecule has 2 N–H and O–H groups in total. The topological polar surface area (TPSA) is 35.2 Å². The van der Waals surface area contributed by atoms with E-state index in [2.05, 4.69) is 35.0 Å². The largest absolute Gasteiger partial charge is 0.457 e. The zero-order valence-electron chi connectivity index (χ0n) is 12.6. The van der Waals surface area contributed by atoms with E-state index in [0.717, 1.165) is 28.0 Å². The van der Waals surface area contributed by atoms with Crippen LogP contribution in [-0.4, -0.2) is 0 Å². The Balaban J connectivity index is 2.06. The molecule has 2 rings (SSSR count). The summed E-state index contributed by atoms with van der Waals surface area (Å²) in [7, 11) is 0. The summed E-state index contributed by atoms with van der Waals surface area (Å²) in [6.45, 7) is 4.18. The van der Waals surface area contributed by atoms with E-state index in [-0.39, 0.29) is 6.04 Å². The molecular weight excluding hydrogens is 326 g/mol. The van der Waals surface area contributed by atoms with Crippen LogP contribution in [0.15, 0.2) is 46.9 Å². The Labute approximate surface area is 135 Å². The average molecular weight is 348 g/mol. The third kappa shape index (κ3) is 4.58. The maximum absolute atomic E-state index is 5.90. The molecule has 0 fully saturated rings. The van der Waals surface area contributed by atoms with Gasteiger partial charge in [0.1, 0.15) is 11.5 Å². The second-order valence-corrected chi connectivity index (χ2v) is 6.18. The summed E-state index contributed by atoms with van der Waals surface area (Å²) in [6, 6.07) is 14.2. The third-order valence-electron chi connectivity index (χ3n) is 3.44. The van der Waals surface area contributed by atoms with Crippen molar-refractivity contribution in [2.75, 3.05) is 0 Å². The van der Waals surface area contributed by atoms with Crippen LogP contribution >= 0.6 is 15.9 Å². The first-order chi connectivity index (χ1) is 10.1. The number of benzene rings is 2. The highest BCUT2D eigenvalue weighted by molar-refractivity contribution is 9.10. The van der Waals surface area contributed by atoms with Crippen molar-refractivity contribution in [1.82, 2.24) is 0 Å². The van der Waals surface area contributed by atoms with Gasteiger partial charge in [0.15, 0.2) is 0 Å². The molecule has 0 aromatic heterocycles. The van der Waals surface area contributed by atoms with Gasteiger partial charge in [-0.1, -0.05) is 47.5 Å². The number of halogens is 1. The van der Waals surface area contributed by atoms with Crippen LogP contribution in [0.25, 0.3) is 0 Å². The lowest BCUT2D eigenvalue weighted by Crippen LogP contribution is -2.05. The first-order valence-corrected chi connectivity index (χ1v) is 8.21. The van der Waals surface area contributed by atoms with Crippen LogP contribution in [0.5, 0.6) is 11.5 Å². The van der Waals surface area contributed by atoms with E-state index in [1.54, 1.807) is 0 Å². The SMILES string of the molecule is CCCCc1ccc(Oc2ccc([C@H](C)N)c(Br)c2)cc1. The van der Waals surface area contributed by atoms with E-state index in [9.17, 15) is 0 Å². The highest BCUT2D eigenvalue weighted by Gasteiger charge is 2.07. The summed E-state index contributed by atoms with van der Waals surface area (Å²) in [4.78, 5) is 0. The molecule has 0 bridgehead atoms. The standard InChI is InChI=1S/C18H22BrNO/c1-3-4-5-14-6-8-15(9-7-14)21-16-10-11-17(13(2)20)18(19)12-16/h6-13H,3-5,20H2,1-2H3/t13-/m0/s1. The van der Waals surface area contributed by atoms with Gasteiger partial charge in [-0.05, 0) is 55.2 Å². The molecule has 3 heteroatoms. The van der Waals surface area contributed by atoms with E-state index in [1.165, 1.54) is 18.4 Å². The van der Waals surface area contributed by atoms with Crippen molar-refractivity contribution in [2.24, 2.45) is 5.73 Å². The fraction of sp³-hybridized carbons (Fsp3) is 0.333. The molecule has 1 atom stereocenters. The Kier molecular flexibility index (Phi) is 5.83. The van der Waals surface area contributed by atoms with Gasteiger partial charge in [-0.3, -0.25) is 0 Å². The van der Waals surface area contributed by atoms with Gasteiger partial charge in [0.25, 0.3) is 0 Å². The smallest absolute Gasteiger partial charge is 0.128 e. The monoisotopic (exact) mass is 347 g/mol. The Morgan fingerprint density at radius 1 is 1.10 bits per heavy atom. The molecule has 21 heavy (non-hydrogen) atoms. The highest BCUT2D eigenvalue weighted by Crippen LogP contribution is 2.29. The number of aryl methyl sites for hydroxylation is 1. The number of unbranched alkanes of at least 4 members (excludes halogenated alkanes) is 1. The highest BCUT2D eigenvalue weighted by atomic mass is 79.9. The van der Waals surface area contributed by atoms with E-state index >= 15 is 0 Å². The van der Waals surface area contributed by atoms with Crippen molar-refractivity contribution in [3.05, 3.63) is 58.1 Å². The van der Waals surface area contributed by atoms with Gasteiger partial charge in [0.2, 0.25) is 0 Å². The summed E-state index contributed by atoms with van der Waals surface area (Å²) >= 11 is 3.54. The van der Waals surface area contributed by atoms with Gasteiger partial charge in [-0.15, -0.1) is 0 Å². The van der Waals surface area contributed by atoms with Crippen LogP contribution in [0, 0.1) is 0 Å². The van der Waals surface area contributed by atoms with Gasteiger partial charge >= 0.3 is 0 Å². The molecule has 0 saturated carbocycles. The second-order valence-electron chi connectivity index (χ2n) is 5.32. The van der Waals surface area contributed by atoms with E-state index in [0.29, 0.717) is 0 Å². The van der Waals surface area contributed by atoms with Crippen LogP contribution in [0.4, 0.5) is 0 Å². The van der Waals surface area contributed by atoms with Crippen LogP contribution in [0.1, 0.15) is 43.9 Å². The molecule has 0 aliphatic carbocycles. The molecule has 0 saturated heterocycles. The summed E-state index contributed by atoms with van der Waals surface area (Å²) in [5.74, 6) is 1.67. The molecular formula is C18H22BrNO. The van der Waals surface area contributed by atoms with Crippen molar-refractivity contribution in [3.63, 3.8) is 0 Å². The number of hydrogen-bond acceptors (Lipinski definition) is 2. The van der Waals surface area contributed by atoms with Crippen LogP contribution in [-0.2, 0) is 6.42 Å². The summed E-state index contributed by atoms with van der Waals surface area (Å²) < 4.78 is 6.86. The first kappa shape index (κ1) is 16.1. The molecule has 2 nitrogen and oxygen atoms in total. The predicted molar refractivity (Wildman–Crippen MR) is 91.9 cm³/mol. The molecule has 0 amide bonds. The number of rotatable bonds is 6. The van der Waals surface area contributed by atoms with E-state index in [4.69, 9.17) is 10.5 Å². The molecule has 0 unspecified atom stereocenters. The van der Waals surface area contributed by atoms with Crippen molar-refractivity contribution < 1.29 is 4.74 Å².